The molecule has 0 atom stereocenters. The van der Waals surface area contributed by atoms with Crippen molar-refractivity contribution in [1.29, 1.82) is 0 Å². The molecule has 0 radical (unpaired) electrons. The topological polar surface area (TPSA) is 157 Å². The quantitative estimate of drug-likeness (QED) is 0.0387. The molecular weight excluding hydrogens is 653 g/mol. The van der Waals surface area contributed by atoms with Gasteiger partial charge in [0.25, 0.3) is 17.5 Å². The van der Waals surface area contributed by atoms with E-state index in [0.717, 1.165) is 42.5 Å². The van der Waals surface area contributed by atoms with Gasteiger partial charge in [-0.25, -0.2) is 4.79 Å². The number of thioether (sulfide) groups is 1. The molecule has 48 heavy (non-hydrogen) atoms. The fourth-order valence-electron chi connectivity index (χ4n) is 5.20. The van der Waals surface area contributed by atoms with Crippen LogP contribution in [0, 0.1) is 10.1 Å². The fourth-order valence-corrected chi connectivity index (χ4v) is 7.24. The first-order valence-corrected chi connectivity index (χ1v) is 16.9. The Morgan fingerprint density at radius 1 is 0.938 bits per heavy atom. The Labute approximate surface area is 284 Å². The van der Waals surface area contributed by atoms with E-state index in [-0.39, 0.29) is 28.6 Å². The van der Waals surface area contributed by atoms with Crippen LogP contribution in [0.1, 0.15) is 56.0 Å². The van der Waals surface area contributed by atoms with Crippen molar-refractivity contribution < 1.29 is 28.8 Å². The number of benzene rings is 3. The van der Waals surface area contributed by atoms with Gasteiger partial charge in [0.2, 0.25) is 5.91 Å². The number of thiophene rings is 1. The number of nitro benzene ring substituents is 1. The average molecular weight is 685 g/mol. The second kappa shape index (κ2) is 16.0. The lowest BCUT2D eigenvalue weighted by Gasteiger charge is -2.12. The molecule has 0 saturated carbocycles. The Morgan fingerprint density at radius 2 is 1.69 bits per heavy atom. The van der Waals surface area contributed by atoms with Crippen LogP contribution in [0.2, 0.25) is 0 Å². The number of esters is 1. The van der Waals surface area contributed by atoms with Crippen molar-refractivity contribution in [2.24, 2.45) is 0 Å². The molecule has 0 spiro atoms. The molecular formula is C35H32N4O7S2. The van der Waals surface area contributed by atoms with Gasteiger partial charge < -0.3 is 20.7 Å². The van der Waals surface area contributed by atoms with Crippen molar-refractivity contribution in [3.05, 3.63) is 122 Å². The first-order valence-electron chi connectivity index (χ1n) is 15.1. The molecule has 0 unspecified atom stereocenters. The molecule has 3 amide bonds. The molecule has 3 N–H and O–H groups in total. The highest BCUT2D eigenvalue weighted by Gasteiger charge is 2.26. The minimum atomic E-state index is -0.704. The van der Waals surface area contributed by atoms with E-state index >= 15 is 0 Å². The summed E-state index contributed by atoms with van der Waals surface area (Å²) in [6, 6.07) is 20.9. The van der Waals surface area contributed by atoms with E-state index in [4.69, 9.17) is 4.74 Å². The summed E-state index contributed by atoms with van der Waals surface area (Å²) in [4.78, 5) is 64.9. The van der Waals surface area contributed by atoms with E-state index in [9.17, 15) is 29.3 Å². The van der Waals surface area contributed by atoms with Gasteiger partial charge in [-0.15, -0.1) is 23.1 Å². The van der Waals surface area contributed by atoms with Crippen LogP contribution in [0.25, 0.3) is 6.08 Å². The highest BCUT2D eigenvalue weighted by molar-refractivity contribution is 8.00. The predicted molar refractivity (Wildman–Crippen MR) is 186 cm³/mol. The maximum absolute atomic E-state index is 13.5. The SMILES string of the molecule is COC(=O)c1c(NC(=O)CSc2cccc(NC(=O)/C(=C\c3ccccc3[N+](=O)[O-])NC(=O)c3ccccc3)c2)sc2c1CCCCC2. The molecule has 0 aliphatic heterocycles. The van der Waals surface area contributed by atoms with Gasteiger partial charge >= 0.3 is 5.97 Å². The summed E-state index contributed by atoms with van der Waals surface area (Å²) in [5.74, 6) is -1.99. The number of carbonyl (C=O) groups excluding carboxylic acids is 4. The molecule has 246 valence electrons. The largest absolute Gasteiger partial charge is 0.465 e. The molecule has 1 aliphatic carbocycles. The van der Waals surface area contributed by atoms with Gasteiger partial charge in [-0.1, -0.05) is 42.8 Å². The van der Waals surface area contributed by atoms with Gasteiger partial charge in [0, 0.05) is 27.1 Å². The minimum absolute atomic E-state index is 0.0382. The van der Waals surface area contributed by atoms with E-state index in [1.807, 2.05) is 0 Å². The predicted octanol–water partition coefficient (Wildman–Crippen LogP) is 6.85. The minimum Gasteiger partial charge on any atom is -0.465 e. The molecule has 4 aromatic rings. The van der Waals surface area contributed by atoms with Crippen molar-refractivity contribution >= 4 is 69.2 Å². The number of nitro groups is 1. The standard InChI is InChI=1S/C35H32N4O7S2/c1-46-35(43)31-26-16-6-3-7-18-29(26)48-34(31)38-30(40)21-47-25-15-10-14-24(20-25)36-33(42)27(37-32(41)22-11-4-2-5-12-22)19-23-13-8-9-17-28(23)39(44)45/h2,4-5,8-15,17,19-20H,3,6-7,16,18,21H2,1H3,(H,36,42)(H,37,41)(H,38,40)/b27-19+. The van der Waals surface area contributed by atoms with Crippen LogP contribution >= 0.6 is 23.1 Å². The van der Waals surface area contributed by atoms with Crippen molar-refractivity contribution in [3.63, 3.8) is 0 Å². The maximum atomic E-state index is 13.5. The Hall–Kier alpha value is -5.27. The summed E-state index contributed by atoms with van der Waals surface area (Å²) in [5.41, 5.74) is 1.78. The van der Waals surface area contributed by atoms with E-state index in [1.165, 1.54) is 54.5 Å². The lowest BCUT2D eigenvalue weighted by atomic mass is 10.1. The van der Waals surface area contributed by atoms with Gasteiger partial charge in [0.1, 0.15) is 10.7 Å². The zero-order valence-corrected chi connectivity index (χ0v) is 27.6. The molecule has 5 rings (SSSR count). The Bertz CT molecular complexity index is 1890. The van der Waals surface area contributed by atoms with Crippen molar-refractivity contribution in [2.45, 2.75) is 37.0 Å². The molecule has 0 saturated heterocycles. The summed E-state index contributed by atoms with van der Waals surface area (Å²) >= 11 is 2.66. The van der Waals surface area contributed by atoms with E-state index < -0.39 is 22.7 Å². The number of rotatable bonds is 11. The maximum Gasteiger partial charge on any atom is 0.341 e. The number of ether oxygens (including phenoxy) is 1. The number of nitrogens with one attached hydrogen (secondary N) is 3. The van der Waals surface area contributed by atoms with Gasteiger partial charge in [-0.2, -0.15) is 0 Å². The molecule has 1 heterocycles. The summed E-state index contributed by atoms with van der Waals surface area (Å²) < 4.78 is 5.03. The second-order valence-corrected chi connectivity index (χ2v) is 12.9. The molecule has 1 aliphatic rings. The smallest absolute Gasteiger partial charge is 0.341 e. The monoisotopic (exact) mass is 684 g/mol. The molecule has 0 bridgehead atoms. The van der Waals surface area contributed by atoms with E-state index in [1.54, 1.807) is 60.7 Å². The molecule has 1 aromatic heterocycles. The number of amides is 3. The highest BCUT2D eigenvalue weighted by atomic mass is 32.2. The van der Waals surface area contributed by atoms with Crippen molar-refractivity contribution in [2.75, 3.05) is 23.5 Å². The number of carbonyl (C=O) groups is 4. The highest BCUT2D eigenvalue weighted by Crippen LogP contribution is 2.38. The lowest BCUT2D eigenvalue weighted by molar-refractivity contribution is -0.385. The molecule has 0 fully saturated rings. The zero-order valence-electron chi connectivity index (χ0n) is 25.9. The van der Waals surface area contributed by atoms with Crippen LogP contribution in [0.4, 0.5) is 16.4 Å². The fraction of sp³-hybridized carbons (Fsp3) is 0.200. The van der Waals surface area contributed by atoms with Crippen LogP contribution in [-0.4, -0.2) is 41.5 Å². The number of para-hydroxylation sites is 1. The Kier molecular flexibility index (Phi) is 11.4. The van der Waals surface area contributed by atoms with Gasteiger partial charge in [0.05, 0.1) is 28.9 Å². The Balaban J connectivity index is 1.29. The van der Waals surface area contributed by atoms with Gasteiger partial charge in [-0.3, -0.25) is 24.5 Å². The van der Waals surface area contributed by atoms with Gasteiger partial charge in [0.15, 0.2) is 0 Å². The van der Waals surface area contributed by atoms with Crippen LogP contribution in [0.15, 0.2) is 89.5 Å². The van der Waals surface area contributed by atoms with E-state index in [2.05, 4.69) is 16.0 Å². The van der Waals surface area contributed by atoms with Crippen LogP contribution in [0.3, 0.4) is 0 Å². The van der Waals surface area contributed by atoms with Crippen LogP contribution in [-0.2, 0) is 27.2 Å². The molecule has 11 nitrogen and oxygen atoms in total. The summed E-state index contributed by atoms with van der Waals surface area (Å²) in [5, 5.41) is 20.3. The summed E-state index contributed by atoms with van der Waals surface area (Å²) in [6.07, 6.45) is 6.00. The summed E-state index contributed by atoms with van der Waals surface area (Å²) in [6.45, 7) is 0. The number of nitrogens with zero attached hydrogens (tertiary/aromatic N) is 1. The number of aryl methyl sites for hydroxylation is 1. The lowest BCUT2D eigenvalue weighted by Crippen LogP contribution is -2.30. The van der Waals surface area contributed by atoms with Crippen molar-refractivity contribution in [3.8, 4) is 0 Å². The number of hydrogen-bond acceptors (Lipinski definition) is 9. The number of methoxy groups -OCH3 is 1. The normalized spacial score (nSPS) is 12.6. The number of anilines is 2. The first kappa shape index (κ1) is 34.1. The molecule has 13 heteroatoms. The Morgan fingerprint density at radius 3 is 2.46 bits per heavy atom. The van der Waals surface area contributed by atoms with E-state index in [0.29, 0.717) is 26.7 Å². The van der Waals surface area contributed by atoms with Crippen LogP contribution < -0.4 is 16.0 Å². The third kappa shape index (κ3) is 8.55. The third-order valence-corrected chi connectivity index (χ3v) is 9.69. The number of hydrogen-bond donors (Lipinski definition) is 3. The summed E-state index contributed by atoms with van der Waals surface area (Å²) in [7, 11) is 1.33. The zero-order chi connectivity index (χ0) is 34.0. The average Bonchev–Trinajstić information content (AvgIpc) is 3.26. The molecule has 3 aromatic carbocycles. The number of fused-ring (bicyclic) bond motifs is 1. The first-order chi connectivity index (χ1) is 23.2. The van der Waals surface area contributed by atoms with Gasteiger partial charge in [-0.05, 0) is 73.7 Å². The second-order valence-electron chi connectivity index (χ2n) is 10.8. The van der Waals surface area contributed by atoms with Crippen molar-refractivity contribution in [1.82, 2.24) is 5.32 Å². The third-order valence-electron chi connectivity index (χ3n) is 7.49. The van der Waals surface area contributed by atoms with Crippen LogP contribution in [0.5, 0.6) is 0 Å².